The monoisotopic (exact) mass is 269 g/mol. The highest BCUT2D eigenvalue weighted by molar-refractivity contribution is 5.89. The molecule has 1 atom stereocenters. The van der Waals surface area contributed by atoms with Crippen molar-refractivity contribution in [2.75, 3.05) is 0 Å². The number of hydrogen-bond donors (Lipinski definition) is 1. The lowest BCUT2D eigenvalue weighted by Crippen LogP contribution is -2.39. The van der Waals surface area contributed by atoms with E-state index in [0.717, 1.165) is 29.4 Å². The predicted molar refractivity (Wildman–Crippen MR) is 79.8 cm³/mol. The third-order valence-corrected chi connectivity index (χ3v) is 3.61. The van der Waals surface area contributed by atoms with E-state index in [1.807, 2.05) is 49.4 Å². The summed E-state index contributed by atoms with van der Waals surface area (Å²) in [4.78, 5) is 12.1. The van der Waals surface area contributed by atoms with Crippen molar-refractivity contribution in [2.45, 2.75) is 38.3 Å². The minimum atomic E-state index is -0.415. The van der Waals surface area contributed by atoms with Crippen LogP contribution in [0, 0.1) is 0 Å². The van der Waals surface area contributed by atoms with Crippen molar-refractivity contribution in [2.24, 2.45) is 0 Å². The third-order valence-electron chi connectivity index (χ3n) is 3.61. The van der Waals surface area contributed by atoms with Gasteiger partial charge in [-0.15, -0.1) is 0 Å². The molecular formula is C17H19NO2. The Balaban J connectivity index is 1.81. The van der Waals surface area contributed by atoms with Crippen molar-refractivity contribution >= 4 is 16.7 Å². The van der Waals surface area contributed by atoms with Gasteiger partial charge in [0, 0.05) is 11.4 Å². The summed E-state index contributed by atoms with van der Waals surface area (Å²) in [7, 11) is 0. The van der Waals surface area contributed by atoms with Crippen molar-refractivity contribution in [3.05, 3.63) is 42.5 Å². The van der Waals surface area contributed by atoms with Gasteiger partial charge in [-0.1, -0.05) is 43.3 Å². The van der Waals surface area contributed by atoms with Crippen LogP contribution in [0.2, 0.25) is 0 Å². The van der Waals surface area contributed by atoms with Crippen molar-refractivity contribution in [3.63, 3.8) is 0 Å². The van der Waals surface area contributed by atoms with E-state index < -0.39 is 6.10 Å². The van der Waals surface area contributed by atoms with E-state index in [-0.39, 0.29) is 5.91 Å². The first-order valence-corrected chi connectivity index (χ1v) is 7.22. The van der Waals surface area contributed by atoms with Gasteiger partial charge in [-0.3, -0.25) is 4.79 Å². The Hall–Kier alpha value is -2.03. The number of rotatable bonds is 5. The third kappa shape index (κ3) is 2.77. The van der Waals surface area contributed by atoms with E-state index in [2.05, 4.69) is 5.32 Å². The first-order valence-electron chi connectivity index (χ1n) is 7.22. The molecule has 0 spiro atoms. The summed E-state index contributed by atoms with van der Waals surface area (Å²) >= 11 is 0. The Morgan fingerprint density at radius 1 is 1.25 bits per heavy atom. The van der Waals surface area contributed by atoms with Gasteiger partial charge in [0.1, 0.15) is 5.75 Å². The number of carbonyl (C=O) groups is 1. The fourth-order valence-electron chi connectivity index (χ4n) is 2.30. The van der Waals surface area contributed by atoms with E-state index in [1.165, 1.54) is 0 Å². The SMILES string of the molecule is CC[C@@H](Oc1cccc2ccccc12)C(=O)NC1CC1. The van der Waals surface area contributed by atoms with Gasteiger partial charge in [0.2, 0.25) is 0 Å². The standard InChI is InChI=1S/C17H19NO2/c1-2-15(17(19)18-13-10-11-13)20-16-9-5-7-12-6-3-4-8-14(12)16/h3-9,13,15H,2,10-11H2,1H3,(H,18,19)/t15-/m1/s1. The molecule has 104 valence electrons. The number of amides is 1. The Labute approximate surface area is 118 Å². The van der Waals surface area contributed by atoms with E-state index in [1.54, 1.807) is 0 Å². The number of fused-ring (bicyclic) bond motifs is 1. The summed E-state index contributed by atoms with van der Waals surface area (Å²) in [5.41, 5.74) is 0. The zero-order valence-electron chi connectivity index (χ0n) is 11.6. The van der Waals surface area contributed by atoms with Crippen LogP contribution in [0.4, 0.5) is 0 Å². The predicted octanol–water partition coefficient (Wildman–Crippen LogP) is 3.28. The Morgan fingerprint density at radius 3 is 2.75 bits per heavy atom. The van der Waals surface area contributed by atoms with Crippen LogP contribution in [0.3, 0.4) is 0 Å². The van der Waals surface area contributed by atoms with E-state index in [4.69, 9.17) is 4.74 Å². The zero-order valence-corrected chi connectivity index (χ0v) is 11.6. The average Bonchev–Trinajstić information content (AvgIpc) is 3.28. The molecule has 0 radical (unpaired) electrons. The lowest BCUT2D eigenvalue weighted by Gasteiger charge is -2.18. The number of ether oxygens (including phenoxy) is 1. The minimum Gasteiger partial charge on any atom is -0.480 e. The van der Waals surface area contributed by atoms with Gasteiger partial charge in [-0.05, 0) is 30.7 Å². The molecule has 20 heavy (non-hydrogen) atoms. The van der Waals surface area contributed by atoms with Crippen molar-refractivity contribution in [1.82, 2.24) is 5.32 Å². The quantitative estimate of drug-likeness (QED) is 0.904. The van der Waals surface area contributed by atoms with Crippen LogP contribution in [0.25, 0.3) is 10.8 Å². The number of hydrogen-bond acceptors (Lipinski definition) is 2. The topological polar surface area (TPSA) is 38.3 Å². The molecule has 2 aromatic carbocycles. The highest BCUT2D eigenvalue weighted by atomic mass is 16.5. The summed E-state index contributed by atoms with van der Waals surface area (Å²) < 4.78 is 5.96. The highest BCUT2D eigenvalue weighted by Gasteiger charge is 2.27. The first kappa shape index (κ1) is 13.0. The van der Waals surface area contributed by atoms with Crippen molar-refractivity contribution < 1.29 is 9.53 Å². The van der Waals surface area contributed by atoms with Crippen LogP contribution in [-0.4, -0.2) is 18.1 Å². The molecule has 0 aromatic heterocycles. The van der Waals surface area contributed by atoms with Crippen LogP contribution >= 0.6 is 0 Å². The van der Waals surface area contributed by atoms with Crippen molar-refractivity contribution in [1.29, 1.82) is 0 Å². The normalized spacial score (nSPS) is 15.8. The lowest BCUT2D eigenvalue weighted by molar-refractivity contribution is -0.128. The molecule has 0 heterocycles. The molecule has 3 heteroatoms. The lowest BCUT2D eigenvalue weighted by atomic mass is 10.1. The molecule has 1 aliphatic carbocycles. The second-order valence-electron chi connectivity index (χ2n) is 5.27. The van der Waals surface area contributed by atoms with E-state index >= 15 is 0 Å². The maximum atomic E-state index is 12.1. The van der Waals surface area contributed by atoms with Crippen LogP contribution in [-0.2, 0) is 4.79 Å². The van der Waals surface area contributed by atoms with Crippen LogP contribution < -0.4 is 10.1 Å². The van der Waals surface area contributed by atoms with E-state index in [9.17, 15) is 4.79 Å². The molecule has 0 unspecified atom stereocenters. The van der Waals surface area contributed by atoms with Gasteiger partial charge < -0.3 is 10.1 Å². The van der Waals surface area contributed by atoms with Gasteiger partial charge in [-0.25, -0.2) is 0 Å². The number of benzene rings is 2. The van der Waals surface area contributed by atoms with Crippen molar-refractivity contribution in [3.8, 4) is 5.75 Å². The molecule has 0 saturated heterocycles. The number of nitrogens with one attached hydrogen (secondary N) is 1. The molecule has 1 amide bonds. The molecule has 0 bridgehead atoms. The minimum absolute atomic E-state index is 0.00272. The smallest absolute Gasteiger partial charge is 0.261 e. The number of carbonyl (C=O) groups excluding carboxylic acids is 1. The highest BCUT2D eigenvalue weighted by Crippen LogP contribution is 2.27. The van der Waals surface area contributed by atoms with Crippen LogP contribution in [0.1, 0.15) is 26.2 Å². The molecule has 3 rings (SSSR count). The average molecular weight is 269 g/mol. The molecular weight excluding hydrogens is 250 g/mol. The fraction of sp³-hybridized carbons (Fsp3) is 0.353. The summed E-state index contributed by atoms with van der Waals surface area (Å²) in [6.07, 6.45) is 2.44. The molecule has 2 aromatic rings. The molecule has 1 saturated carbocycles. The Kier molecular flexibility index (Phi) is 3.59. The zero-order chi connectivity index (χ0) is 13.9. The van der Waals surface area contributed by atoms with Crippen LogP contribution in [0.15, 0.2) is 42.5 Å². The molecule has 0 aliphatic heterocycles. The van der Waals surface area contributed by atoms with Gasteiger partial charge in [-0.2, -0.15) is 0 Å². The summed E-state index contributed by atoms with van der Waals surface area (Å²) in [6.45, 7) is 1.97. The molecule has 1 N–H and O–H groups in total. The first-order chi connectivity index (χ1) is 9.78. The largest absolute Gasteiger partial charge is 0.480 e. The Morgan fingerprint density at radius 2 is 2.00 bits per heavy atom. The second-order valence-corrected chi connectivity index (χ2v) is 5.27. The maximum absolute atomic E-state index is 12.1. The second kappa shape index (κ2) is 5.53. The van der Waals surface area contributed by atoms with Gasteiger partial charge >= 0.3 is 0 Å². The maximum Gasteiger partial charge on any atom is 0.261 e. The van der Waals surface area contributed by atoms with E-state index in [0.29, 0.717) is 12.5 Å². The summed E-state index contributed by atoms with van der Waals surface area (Å²) in [6, 6.07) is 14.4. The summed E-state index contributed by atoms with van der Waals surface area (Å²) in [5, 5.41) is 5.19. The summed E-state index contributed by atoms with van der Waals surface area (Å²) in [5.74, 6) is 0.781. The molecule has 3 nitrogen and oxygen atoms in total. The fourth-order valence-corrected chi connectivity index (χ4v) is 2.30. The molecule has 1 fully saturated rings. The Bertz CT molecular complexity index is 614. The van der Waals surface area contributed by atoms with Gasteiger partial charge in [0.05, 0.1) is 0 Å². The van der Waals surface area contributed by atoms with Gasteiger partial charge in [0.15, 0.2) is 6.10 Å². The van der Waals surface area contributed by atoms with Crippen LogP contribution in [0.5, 0.6) is 5.75 Å². The van der Waals surface area contributed by atoms with Gasteiger partial charge in [0.25, 0.3) is 5.91 Å². The molecule has 1 aliphatic rings.